The van der Waals surface area contributed by atoms with Gasteiger partial charge in [0.05, 0.1) is 0 Å². The summed E-state index contributed by atoms with van der Waals surface area (Å²) < 4.78 is 11.8. The highest BCUT2D eigenvalue weighted by atomic mass is 32.1. The van der Waals surface area contributed by atoms with E-state index in [1.807, 2.05) is 25.7 Å². The van der Waals surface area contributed by atoms with E-state index in [2.05, 4.69) is 31.1 Å². The van der Waals surface area contributed by atoms with Gasteiger partial charge in [-0.2, -0.15) is 0 Å². The topological polar surface area (TPSA) is 118 Å². The summed E-state index contributed by atoms with van der Waals surface area (Å²) in [5.41, 5.74) is 0.00257. The lowest BCUT2D eigenvalue weighted by atomic mass is 9.92. The molecule has 5 atom stereocenters. The normalized spacial score (nSPS) is 18.6. The van der Waals surface area contributed by atoms with Crippen molar-refractivity contribution < 1.29 is 29.0 Å². The van der Waals surface area contributed by atoms with Crippen LogP contribution in [0.25, 0.3) is 0 Å². The maximum Gasteiger partial charge on any atom is 0.355 e. The maximum atomic E-state index is 14.4. The van der Waals surface area contributed by atoms with E-state index in [0.29, 0.717) is 37.6 Å². The number of carbonyl (C=O) groups excluding carboxylic acids is 2. The van der Waals surface area contributed by atoms with Crippen LogP contribution in [0.3, 0.4) is 0 Å². The van der Waals surface area contributed by atoms with E-state index in [1.165, 1.54) is 16.7 Å². The molecule has 10 heteroatoms. The fourth-order valence-electron chi connectivity index (χ4n) is 5.16. The fourth-order valence-corrected chi connectivity index (χ4v) is 6.01. The van der Waals surface area contributed by atoms with Gasteiger partial charge in [0.15, 0.2) is 5.69 Å². The molecule has 0 spiro atoms. The summed E-state index contributed by atoms with van der Waals surface area (Å²) in [6.07, 6.45) is 6.93. The number of unbranched alkanes of at least 4 members (excludes halogenated alkanes) is 3. The zero-order valence-electron chi connectivity index (χ0n) is 25.3. The lowest BCUT2D eigenvalue weighted by Gasteiger charge is -2.40. The largest absolute Gasteiger partial charge is 0.476 e. The first-order chi connectivity index (χ1) is 19.1. The van der Waals surface area contributed by atoms with Gasteiger partial charge in [-0.05, 0) is 44.4 Å². The Hall–Kier alpha value is -2.04. The number of nitrogens with one attached hydrogen (secondary N) is 1. The summed E-state index contributed by atoms with van der Waals surface area (Å²) in [5.74, 6) is -1.30. The number of nitrogens with zero attached hydrogens (tertiary/aromatic N) is 2. The molecule has 9 nitrogen and oxygen atoms in total. The number of carboxylic acids is 1. The fraction of sp³-hybridized carbons (Fsp3) is 0.800. The zero-order chi connectivity index (χ0) is 29.7. The number of hydrogen-bond acceptors (Lipinski definition) is 7. The average molecular weight is 582 g/mol. The van der Waals surface area contributed by atoms with Crippen molar-refractivity contribution in [2.45, 2.75) is 124 Å². The minimum absolute atomic E-state index is 0.00257. The third-order valence-electron chi connectivity index (χ3n) is 7.79. The van der Waals surface area contributed by atoms with E-state index in [-0.39, 0.29) is 35.4 Å². The van der Waals surface area contributed by atoms with E-state index >= 15 is 0 Å². The van der Waals surface area contributed by atoms with Gasteiger partial charge in [0.25, 0.3) is 0 Å². The average Bonchev–Trinajstić information content (AvgIpc) is 3.45. The molecule has 40 heavy (non-hydrogen) atoms. The summed E-state index contributed by atoms with van der Waals surface area (Å²) in [4.78, 5) is 45.3. The summed E-state index contributed by atoms with van der Waals surface area (Å²) >= 11 is 1.27. The first-order valence-corrected chi connectivity index (χ1v) is 16.0. The molecule has 228 valence electrons. The van der Waals surface area contributed by atoms with Crippen molar-refractivity contribution in [2.24, 2.45) is 11.8 Å². The second-order valence-corrected chi connectivity index (χ2v) is 12.1. The number of ether oxygens (including phenoxy) is 2. The first kappa shape index (κ1) is 34.2. The van der Waals surface area contributed by atoms with Gasteiger partial charge in [-0.3, -0.25) is 9.59 Å². The van der Waals surface area contributed by atoms with Gasteiger partial charge in [-0.1, -0.05) is 60.3 Å². The van der Waals surface area contributed by atoms with Gasteiger partial charge < -0.3 is 24.8 Å². The van der Waals surface area contributed by atoms with Crippen molar-refractivity contribution in [2.75, 3.05) is 19.8 Å². The SMILES string of the molecule is CCCCCCN(C(=O)C(NC(=O)[C@H]1CCCCO1)C(C)CC)C(CC(OCC)c1nc(C(=O)O)cs1)C(C)C. The number of hydrogen-bond donors (Lipinski definition) is 2. The van der Waals surface area contributed by atoms with Crippen molar-refractivity contribution in [3.05, 3.63) is 16.1 Å². The predicted octanol–water partition coefficient (Wildman–Crippen LogP) is 5.84. The van der Waals surface area contributed by atoms with Crippen LogP contribution in [0.1, 0.15) is 121 Å². The smallest absolute Gasteiger partial charge is 0.355 e. The van der Waals surface area contributed by atoms with Crippen molar-refractivity contribution in [1.82, 2.24) is 15.2 Å². The summed E-state index contributed by atoms with van der Waals surface area (Å²) in [5, 5.41) is 14.6. The van der Waals surface area contributed by atoms with Crippen molar-refractivity contribution in [3.8, 4) is 0 Å². The van der Waals surface area contributed by atoms with Crippen LogP contribution in [-0.2, 0) is 19.1 Å². The molecular weight excluding hydrogens is 530 g/mol. The third kappa shape index (κ3) is 10.1. The molecule has 0 saturated carbocycles. The third-order valence-corrected chi connectivity index (χ3v) is 8.73. The Balaban J connectivity index is 2.37. The van der Waals surface area contributed by atoms with E-state index in [0.717, 1.165) is 44.9 Å². The van der Waals surface area contributed by atoms with E-state index in [9.17, 15) is 19.5 Å². The molecule has 4 unspecified atom stereocenters. The van der Waals surface area contributed by atoms with E-state index < -0.39 is 24.2 Å². The first-order valence-electron chi connectivity index (χ1n) is 15.2. The summed E-state index contributed by atoms with van der Waals surface area (Å²) in [7, 11) is 0. The standard InChI is InChI=1S/C30H51N3O6S/c1-7-10-11-13-16-33(29(35)26(21(6)8-2)32-27(34)24-15-12-14-17-39-24)23(20(4)5)18-25(38-9-3)28-31-22(19-40-28)30(36)37/h19-21,23-26H,7-18H2,1-6H3,(H,32,34)(H,36,37)/t21?,23?,24-,25?,26?/m1/s1. The highest BCUT2D eigenvalue weighted by Crippen LogP contribution is 2.31. The van der Waals surface area contributed by atoms with Crippen LogP contribution < -0.4 is 5.32 Å². The van der Waals surface area contributed by atoms with Gasteiger partial charge in [-0.15, -0.1) is 11.3 Å². The van der Waals surface area contributed by atoms with Gasteiger partial charge in [0.1, 0.15) is 23.3 Å². The highest BCUT2D eigenvalue weighted by Gasteiger charge is 2.37. The molecule has 2 heterocycles. The van der Waals surface area contributed by atoms with Crippen LogP contribution in [0.15, 0.2) is 5.38 Å². The molecule has 2 rings (SSSR count). The number of rotatable bonds is 18. The Morgan fingerprint density at radius 3 is 2.48 bits per heavy atom. The molecule has 1 saturated heterocycles. The van der Waals surface area contributed by atoms with Crippen molar-refractivity contribution in [3.63, 3.8) is 0 Å². The number of aromatic carboxylic acids is 1. The quantitative estimate of drug-likeness (QED) is 0.209. The Bertz CT molecular complexity index is 917. The number of carboxylic acid groups (broad SMARTS) is 1. The summed E-state index contributed by atoms with van der Waals surface area (Å²) in [6, 6.07) is -0.836. The van der Waals surface area contributed by atoms with Crippen molar-refractivity contribution >= 4 is 29.1 Å². The molecule has 2 amide bonds. The van der Waals surface area contributed by atoms with Crippen LogP contribution in [0, 0.1) is 11.8 Å². The Morgan fingerprint density at radius 1 is 1.18 bits per heavy atom. The van der Waals surface area contributed by atoms with Crippen LogP contribution in [-0.4, -0.2) is 70.7 Å². The van der Waals surface area contributed by atoms with Crippen LogP contribution in [0.5, 0.6) is 0 Å². The van der Waals surface area contributed by atoms with E-state index in [1.54, 1.807) is 0 Å². The lowest BCUT2D eigenvalue weighted by molar-refractivity contribution is -0.145. The molecule has 0 aliphatic carbocycles. The molecule has 1 aromatic heterocycles. The van der Waals surface area contributed by atoms with Crippen LogP contribution >= 0.6 is 11.3 Å². The number of thiazole rings is 1. The highest BCUT2D eigenvalue weighted by molar-refractivity contribution is 7.09. The second kappa shape index (κ2) is 17.7. The maximum absolute atomic E-state index is 14.4. The predicted molar refractivity (Wildman–Crippen MR) is 158 cm³/mol. The molecule has 0 aromatic carbocycles. The van der Waals surface area contributed by atoms with Gasteiger partial charge >= 0.3 is 5.97 Å². The van der Waals surface area contributed by atoms with E-state index in [4.69, 9.17) is 9.47 Å². The number of carbonyl (C=O) groups is 3. The molecule has 0 bridgehead atoms. The Kier molecular flexibility index (Phi) is 15.1. The van der Waals surface area contributed by atoms with Crippen molar-refractivity contribution in [1.29, 1.82) is 0 Å². The Morgan fingerprint density at radius 2 is 1.93 bits per heavy atom. The second-order valence-electron chi connectivity index (χ2n) is 11.2. The summed E-state index contributed by atoms with van der Waals surface area (Å²) in [6.45, 7) is 13.9. The molecular formula is C30H51N3O6S. The molecule has 0 radical (unpaired) electrons. The van der Waals surface area contributed by atoms with Gasteiger partial charge in [0.2, 0.25) is 11.8 Å². The number of amides is 2. The Labute approximate surface area is 244 Å². The monoisotopic (exact) mass is 581 g/mol. The molecule has 1 fully saturated rings. The molecule has 1 aromatic rings. The van der Waals surface area contributed by atoms with Gasteiger partial charge in [0, 0.05) is 37.6 Å². The lowest BCUT2D eigenvalue weighted by Crippen LogP contribution is -2.57. The van der Waals surface area contributed by atoms with Crippen LogP contribution in [0.4, 0.5) is 0 Å². The molecule has 2 N–H and O–H groups in total. The number of aromatic nitrogens is 1. The zero-order valence-corrected chi connectivity index (χ0v) is 26.1. The molecule has 1 aliphatic rings. The molecule has 1 aliphatic heterocycles. The minimum Gasteiger partial charge on any atom is -0.476 e. The minimum atomic E-state index is -1.07. The van der Waals surface area contributed by atoms with Gasteiger partial charge in [-0.25, -0.2) is 9.78 Å². The van der Waals surface area contributed by atoms with Crippen LogP contribution in [0.2, 0.25) is 0 Å².